The maximum atomic E-state index is 11.4. The molecule has 31 heavy (non-hydrogen) atoms. The first-order chi connectivity index (χ1) is 14.8. The number of aromatic nitrogens is 2. The van der Waals surface area contributed by atoms with Gasteiger partial charge in [0.1, 0.15) is 13.2 Å². The second-order valence-electron chi connectivity index (χ2n) is 7.73. The molecule has 0 saturated heterocycles. The van der Waals surface area contributed by atoms with Crippen LogP contribution >= 0.6 is 11.6 Å². The summed E-state index contributed by atoms with van der Waals surface area (Å²) < 4.78 is 18.8. The number of nitrogens with zero attached hydrogens (tertiary/aromatic N) is 2. The molecular weight excluding hydrogens is 420 g/mol. The Morgan fingerprint density at radius 1 is 1.16 bits per heavy atom. The number of benzene rings is 2. The molecule has 0 atom stereocenters. The SMILES string of the molecule is CC(C)(OCc1cc(-c2ccc3c(c2)OCCO3)n(Cc2ccccc2Cl)n1)C(=O)O. The normalized spacial score (nSPS) is 13.3. The smallest absolute Gasteiger partial charge is 0.335 e. The number of hydrogen-bond acceptors (Lipinski definition) is 5. The molecule has 0 aliphatic carbocycles. The van der Waals surface area contributed by atoms with Gasteiger partial charge in [-0.1, -0.05) is 29.8 Å². The molecule has 162 valence electrons. The summed E-state index contributed by atoms with van der Waals surface area (Å²) in [5.41, 5.74) is 1.95. The topological polar surface area (TPSA) is 82.8 Å². The van der Waals surface area contributed by atoms with E-state index in [4.69, 9.17) is 25.8 Å². The van der Waals surface area contributed by atoms with E-state index in [1.54, 1.807) is 0 Å². The molecule has 3 aromatic rings. The molecule has 0 spiro atoms. The number of fused-ring (bicyclic) bond motifs is 1. The quantitative estimate of drug-likeness (QED) is 0.583. The van der Waals surface area contributed by atoms with Crippen LogP contribution in [0.5, 0.6) is 11.5 Å². The molecule has 4 rings (SSSR count). The average Bonchev–Trinajstić information content (AvgIpc) is 3.16. The van der Waals surface area contributed by atoms with Crippen molar-refractivity contribution in [1.29, 1.82) is 0 Å². The number of carboxylic acids is 1. The molecular formula is C23H23ClN2O5. The molecule has 0 bridgehead atoms. The lowest BCUT2D eigenvalue weighted by atomic mass is 10.1. The molecule has 2 aromatic carbocycles. The van der Waals surface area contributed by atoms with Crippen molar-refractivity contribution in [3.63, 3.8) is 0 Å². The Morgan fingerprint density at radius 2 is 1.90 bits per heavy atom. The van der Waals surface area contributed by atoms with Crippen molar-refractivity contribution >= 4 is 17.6 Å². The number of aliphatic carboxylic acids is 1. The standard InChI is InChI=1S/C23H23ClN2O5/c1-23(2,22(27)28)31-14-17-12-19(15-7-8-20-21(11-15)30-10-9-29-20)26(25-17)13-16-5-3-4-6-18(16)24/h3-8,11-12H,9-10,13-14H2,1-2H3,(H,27,28). The third-order valence-corrected chi connectivity index (χ3v) is 5.41. The summed E-state index contributed by atoms with van der Waals surface area (Å²) in [6, 6.07) is 15.2. The van der Waals surface area contributed by atoms with E-state index in [0.29, 0.717) is 42.0 Å². The molecule has 1 N–H and O–H groups in total. The Hall–Kier alpha value is -3.03. The van der Waals surface area contributed by atoms with Crippen molar-refractivity contribution < 1.29 is 24.1 Å². The minimum atomic E-state index is -1.32. The Morgan fingerprint density at radius 3 is 2.65 bits per heavy atom. The zero-order valence-corrected chi connectivity index (χ0v) is 18.1. The summed E-state index contributed by atoms with van der Waals surface area (Å²) in [7, 11) is 0. The Labute approximate surface area is 185 Å². The number of hydrogen-bond donors (Lipinski definition) is 1. The van der Waals surface area contributed by atoms with E-state index in [9.17, 15) is 9.90 Å². The largest absolute Gasteiger partial charge is 0.486 e. The van der Waals surface area contributed by atoms with Crippen LogP contribution in [-0.2, 0) is 22.7 Å². The highest BCUT2D eigenvalue weighted by Gasteiger charge is 2.28. The lowest BCUT2D eigenvalue weighted by Crippen LogP contribution is -2.34. The summed E-state index contributed by atoms with van der Waals surface area (Å²) in [5.74, 6) is 0.355. The van der Waals surface area contributed by atoms with E-state index in [-0.39, 0.29) is 6.61 Å². The molecule has 0 unspecified atom stereocenters. The van der Waals surface area contributed by atoms with Crippen molar-refractivity contribution in [1.82, 2.24) is 9.78 Å². The molecule has 1 aromatic heterocycles. The lowest BCUT2D eigenvalue weighted by Gasteiger charge is -2.19. The third kappa shape index (κ3) is 4.68. The minimum absolute atomic E-state index is 0.0619. The first-order valence-corrected chi connectivity index (χ1v) is 10.3. The average molecular weight is 443 g/mol. The van der Waals surface area contributed by atoms with Crippen LogP contribution in [-0.4, -0.2) is 39.7 Å². The summed E-state index contributed by atoms with van der Waals surface area (Å²) in [4.78, 5) is 11.4. The fourth-order valence-electron chi connectivity index (χ4n) is 3.20. The van der Waals surface area contributed by atoms with Crippen molar-refractivity contribution in [2.45, 2.75) is 32.6 Å². The molecule has 1 aliphatic heterocycles. The fourth-order valence-corrected chi connectivity index (χ4v) is 3.40. The zero-order chi connectivity index (χ0) is 22.0. The van der Waals surface area contributed by atoms with Crippen molar-refractivity contribution in [2.75, 3.05) is 13.2 Å². The zero-order valence-electron chi connectivity index (χ0n) is 17.3. The van der Waals surface area contributed by atoms with Gasteiger partial charge in [-0.05, 0) is 49.7 Å². The van der Waals surface area contributed by atoms with E-state index in [1.807, 2.05) is 53.2 Å². The van der Waals surface area contributed by atoms with Gasteiger partial charge in [-0.25, -0.2) is 4.79 Å². The maximum Gasteiger partial charge on any atom is 0.335 e. The molecule has 0 fully saturated rings. The van der Waals surface area contributed by atoms with E-state index in [2.05, 4.69) is 5.10 Å². The third-order valence-electron chi connectivity index (χ3n) is 5.04. The van der Waals surface area contributed by atoms with Crippen LogP contribution in [0.3, 0.4) is 0 Å². The van der Waals surface area contributed by atoms with Gasteiger partial charge < -0.3 is 19.3 Å². The van der Waals surface area contributed by atoms with Crippen molar-refractivity contribution in [3.8, 4) is 22.8 Å². The number of carbonyl (C=O) groups is 1. The Bertz CT molecular complexity index is 1110. The van der Waals surface area contributed by atoms with Crippen LogP contribution in [0.25, 0.3) is 11.3 Å². The van der Waals surface area contributed by atoms with Gasteiger partial charge in [0.25, 0.3) is 0 Å². The highest BCUT2D eigenvalue weighted by Crippen LogP contribution is 2.35. The fraction of sp³-hybridized carbons (Fsp3) is 0.304. The van der Waals surface area contributed by atoms with Gasteiger partial charge in [0, 0.05) is 10.6 Å². The van der Waals surface area contributed by atoms with E-state index in [0.717, 1.165) is 16.8 Å². The summed E-state index contributed by atoms with van der Waals surface area (Å²) in [5, 5.41) is 14.6. The monoisotopic (exact) mass is 442 g/mol. The van der Waals surface area contributed by atoms with Crippen LogP contribution in [0.2, 0.25) is 5.02 Å². The molecule has 2 heterocycles. The first-order valence-electron chi connectivity index (χ1n) is 9.91. The van der Waals surface area contributed by atoms with Gasteiger partial charge in [0.2, 0.25) is 0 Å². The van der Waals surface area contributed by atoms with Crippen molar-refractivity contribution in [2.24, 2.45) is 0 Å². The van der Waals surface area contributed by atoms with Crippen LogP contribution < -0.4 is 9.47 Å². The molecule has 0 amide bonds. The van der Waals surface area contributed by atoms with Gasteiger partial charge in [-0.3, -0.25) is 4.68 Å². The molecule has 1 aliphatic rings. The van der Waals surface area contributed by atoms with Crippen LogP contribution in [0.4, 0.5) is 0 Å². The van der Waals surface area contributed by atoms with E-state index >= 15 is 0 Å². The van der Waals surface area contributed by atoms with Gasteiger partial charge in [0.15, 0.2) is 17.1 Å². The maximum absolute atomic E-state index is 11.4. The lowest BCUT2D eigenvalue weighted by molar-refractivity contribution is -0.162. The second kappa shape index (κ2) is 8.61. The van der Waals surface area contributed by atoms with Crippen LogP contribution in [0, 0.1) is 0 Å². The number of halogens is 1. The van der Waals surface area contributed by atoms with Crippen LogP contribution in [0.15, 0.2) is 48.5 Å². The Balaban J connectivity index is 1.69. The first kappa shape index (κ1) is 21.2. The van der Waals surface area contributed by atoms with E-state index < -0.39 is 11.6 Å². The predicted molar refractivity (Wildman–Crippen MR) is 116 cm³/mol. The van der Waals surface area contributed by atoms with E-state index in [1.165, 1.54) is 13.8 Å². The van der Waals surface area contributed by atoms with Gasteiger partial charge in [0.05, 0.1) is 24.5 Å². The van der Waals surface area contributed by atoms with Gasteiger partial charge >= 0.3 is 5.97 Å². The molecule has 8 heteroatoms. The van der Waals surface area contributed by atoms with Crippen LogP contribution in [0.1, 0.15) is 25.1 Å². The summed E-state index contributed by atoms with van der Waals surface area (Å²) >= 11 is 6.36. The summed E-state index contributed by atoms with van der Waals surface area (Å²) in [6.07, 6.45) is 0. The molecule has 7 nitrogen and oxygen atoms in total. The second-order valence-corrected chi connectivity index (χ2v) is 8.14. The molecule has 0 radical (unpaired) electrons. The highest BCUT2D eigenvalue weighted by atomic mass is 35.5. The predicted octanol–water partition coefficient (Wildman–Crippen LogP) is 4.40. The van der Waals surface area contributed by atoms with Crippen molar-refractivity contribution in [3.05, 3.63) is 64.8 Å². The summed E-state index contributed by atoms with van der Waals surface area (Å²) in [6.45, 7) is 4.56. The van der Waals surface area contributed by atoms with Gasteiger partial charge in [-0.15, -0.1) is 0 Å². The minimum Gasteiger partial charge on any atom is -0.486 e. The highest BCUT2D eigenvalue weighted by molar-refractivity contribution is 6.31. The number of ether oxygens (including phenoxy) is 3. The number of rotatable bonds is 7. The molecule has 0 saturated carbocycles. The Kier molecular flexibility index (Phi) is 5.89. The number of carboxylic acid groups (broad SMARTS) is 1. The van der Waals surface area contributed by atoms with Gasteiger partial charge in [-0.2, -0.15) is 5.10 Å².